The summed E-state index contributed by atoms with van der Waals surface area (Å²) in [6.45, 7) is 2.82. The number of hydrogen-bond donors (Lipinski definition) is 2. The largest absolute Gasteiger partial charge is 0.480 e. The van der Waals surface area contributed by atoms with Gasteiger partial charge < -0.3 is 10.0 Å². The molecule has 10 nitrogen and oxygen atoms in total. The number of carboxylic acid groups (broad SMARTS) is 1. The Labute approximate surface area is 306 Å². The second-order valence-electron chi connectivity index (χ2n) is 12.7. The van der Waals surface area contributed by atoms with E-state index in [1.165, 1.54) is 18.7 Å². The van der Waals surface area contributed by atoms with Crippen molar-refractivity contribution in [2.75, 3.05) is 31.1 Å². The Balaban J connectivity index is 1.03. The van der Waals surface area contributed by atoms with E-state index in [-0.39, 0.29) is 11.3 Å². The molecule has 2 aliphatic heterocycles. The van der Waals surface area contributed by atoms with Gasteiger partial charge in [0.05, 0.1) is 9.37 Å². The van der Waals surface area contributed by atoms with Crippen LogP contribution in [0.3, 0.4) is 0 Å². The number of anilines is 1. The van der Waals surface area contributed by atoms with Gasteiger partial charge in [0, 0.05) is 35.9 Å². The van der Waals surface area contributed by atoms with Crippen molar-refractivity contribution in [1.29, 1.82) is 0 Å². The van der Waals surface area contributed by atoms with E-state index in [1.807, 2.05) is 18.2 Å². The third-order valence-corrected chi connectivity index (χ3v) is 14.1. The monoisotopic (exact) mass is 872 g/mol. The number of carbonyl (C=O) groups is 1. The standard InChI is InChI=1S/C34H42BrIN4O6S2/c35-31-23-30(47(43,44)38-32(34(41)42)22-27-8-2-1-3-9-27)24-37-33(31)39-18-14-25(15-19-39)6-4-5-7-26-16-20-40(21-17-26)48(45,46)29-12-10-28(36)11-13-29/h1-3,8-13,23-26,32,38H,4-7,14-22H2,(H,41,42). The van der Waals surface area contributed by atoms with Gasteiger partial charge in [0.1, 0.15) is 16.8 Å². The third-order valence-electron chi connectivity index (χ3n) is 9.40. The number of sulfonamides is 2. The van der Waals surface area contributed by atoms with Gasteiger partial charge in [-0.15, -0.1) is 0 Å². The van der Waals surface area contributed by atoms with Crippen molar-refractivity contribution in [3.8, 4) is 0 Å². The molecule has 0 radical (unpaired) electrons. The lowest BCUT2D eigenvalue weighted by Gasteiger charge is -2.33. The minimum Gasteiger partial charge on any atom is -0.480 e. The Morgan fingerprint density at radius 3 is 2.04 bits per heavy atom. The van der Waals surface area contributed by atoms with Crippen molar-refractivity contribution in [3.05, 3.63) is 80.5 Å². The zero-order valence-electron chi connectivity index (χ0n) is 26.7. The van der Waals surface area contributed by atoms with Gasteiger partial charge in [-0.3, -0.25) is 4.79 Å². The highest BCUT2D eigenvalue weighted by molar-refractivity contribution is 14.1. The summed E-state index contributed by atoms with van der Waals surface area (Å²) < 4.78 is 57.7. The quantitative estimate of drug-likeness (QED) is 0.142. The summed E-state index contributed by atoms with van der Waals surface area (Å²) in [6, 6.07) is 16.1. The molecule has 2 saturated heterocycles. The Bertz CT molecular complexity index is 1750. The summed E-state index contributed by atoms with van der Waals surface area (Å²) >= 11 is 5.69. The number of aliphatic carboxylic acids is 1. The summed E-state index contributed by atoms with van der Waals surface area (Å²) in [6.07, 6.45) is 9.82. The van der Waals surface area contributed by atoms with Gasteiger partial charge in [-0.25, -0.2) is 21.8 Å². The smallest absolute Gasteiger partial charge is 0.322 e. The summed E-state index contributed by atoms with van der Waals surface area (Å²) in [4.78, 5) is 18.7. The molecule has 1 atom stereocenters. The number of halogens is 2. The number of piperidine rings is 2. The van der Waals surface area contributed by atoms with Gasteiger partial charge in [-0.1, -0.05) is 56.0 Å². The highest BCUT2D eigenvalue weighted by atomic mass is 127. The Kier molecular flexibility index (Phi) is 13.0. The number of pyridine rings is 1. The number of rotatable bonds is 14. The lowest BCUT2D eigenvalue weighted by molar-refractivity contribution is -0.138. The third kappa shape index (κ3) is 9.77. The Morgan fingerprint density at radius 1 is 0.896 bits per heavy atom. The molecular formula is C34H42BrIN4O6S2. The van der Waals surface area contributed by atoms with Crippen LogP contribution in [0, 0.1) is 15.4 Å². The molecule has 3 heterocycles. The molecule has 2 N–H and O–H groups in total. The first-order valence-corrected chi connectivity index (χ1v) is 21.2. The number of hydrogen-bond acceptors (Lipinski definition) is 7. The van der Waals surface area contributed by atoms with Crippen LogP contribution in [-0.4, -0.2) is 69.4 Å². The first-order chi connectivity index (χ1) is 22.9. The maximum atomic E-state index is 13.1. The summed E-state index contributed by atoms with van der Waals surface area (Å²) in [5.74, 6) is 0.629. The SMILES string of the molecule is O=C(O)C(Cc1ccccc1)NS(=O)(=O)c1cnc(N2CCC(CCCCC3CCN(S(=O)(=O)c4ccc(I)cc4)CC3)CC2)c(Br)c1. The molecule has 0 bridgehead atoms. The molecule has 48 heavy (non-hydrogen) atoms. The number of unbranched alkanes of at least 4 members (excludes halogenated alkanes) is 1. The zero-order valence-corrected chi connectivity index (χ0v) is 32.1. The van der Waals surface area contributed by atoms with Crippen LogP contribution >= 0.6 is 38.5 Å². The minimum atomic E-state index is -4.12. The fourth-order valence-electron chi connectivity index (χ4n) is 6.57. The molecule has 2 aliphatic rings. The Morgan fingerprint density at radius 2 is 1.48 bits per heavy atom. The molecule has 3 aromatic rings. The molecular weight excluding hydrogens is 831 g/mol. The predicted molar refractivity (Wildman–Crippen MR) is 198 cm³/mol. The summed E-state index contributed by atoms with van der Waals surface area (Å²) in [7, 11) is -7.54. The summed E-state index contributed by atoms with van der Waals surface area (Å²) in [5.41, 5.74) is 0.718. The number of nitrogens with zero attached hydrogens (tertiary/aromatic N) is 3. The van der Waals surface area contributed by atoms with Crippen LogP contribution in [0.2, 0.25) is 0 Å². The maximum absolute atomic E-state index is 13.1. The highest BCUT2D eigenvalue weighted by Gasteiger charge is 2.30. The van der Waals surface area contributed by atoms with E-state index < -0.39 is 32.1 Å². The van der Waals surface area contributed by atoms with E-state index in [9.17, 15) is 26.7 Å². The van der Waals surface area contributed by atoms with Crippen LogP contribution < -0.4 is 9.62 Å². The summed E-state index contributed by atoms with van der Waals surface area (Å²) in [5, 5.41) is 9.66. The lowest BCUT2D eigenvalue weighted by Crippen LogP contribution is -2.42. The van der Waals surface area contributed by atoms with Crippen molar-refractivity contribution < 1.29 is 26.7 Å². The van der Waals surface area contributed by atoms with Crippen LogP contribution in [0.1, 0.15) is 56.9 Å². The van der Waals surface area contributed by atoms with Gasteiger partial charge in [0.2, 0.25) is 20.0 Å². The number of carboxylic acids is 1. The van der Waals surface area contributed by atoms with Crippen LogP contribution in [0.25, 0.3) is 0 Å². The maximum Gasteiger partial charge on any atom is 0.322 e. The van der Waals surface area contributed by atoms with Gasteiger partial charge in [-0.2, -0.15) is 9.03 Å². The van der Waals surface area contributed by atoms with Crippen LogP contribution in [0.4, 0.5) is 5.82 Å². The molecule has 0 saturated carbocycles. The number of nitrogens with one attached hydrogen (secondary N) is 1. The second-order valence-corrected chi connectivity index (χ2v) is 18.4. The fraction of sp³-hybridized carbons (Fsp3) is 0.471. The van der Waals surface area contributed by atoms with Crippen molar-refractivity contribution in [2.24, 2.45) is 11.8 Å². The van der Waals surface area contributed by atoms with Gasteiger partial charge >= 0.3 is 5.97 Å². The molecule has 5 rings (SSSR count). The molecule has 2 aromatic carbocycles. The fourth-order valence-corrected chi connectivity index (χ4v) is 10.3. The molecule has 0 amide bonds. The highest BCUT2D eigenvalue weighted by Crippen LogP contribution is 2.32. The second kappa shape index (κ2) is 16.7. The van der Waals surface area contributed by atoms with Crippen LogP contribution in [0.15, 0.2) is 81.1 Å². The van der Waals surface area contributed by atoms with E-state index in [4.69, 9.17) is 0 Å². The molecule has 0 aliphatic carbocycles. The number of benzene rings is 2. The zero-order chi connectivity index (χ0) is 34.3. The van der Waals surface area contributed by atoms with E-state index in [0.717, 1.165) is 67.2 Å². The molecule has 14 heteroatoms. The van der Waals surface area contributed by atoms with E-state index >= 15 is 0 Å². The van der Waals surface area contributed by atoms with Crippen LogP contribution in [0.5, 0.6) is 0 Å². The molecule has 1 unspecified atom stereocenters. The Hall–Kier alpha value is -2.11. The average molecular weight is 874 g/mol. The van der Waals surface area contributed by atoms with Gasteiger partial charge in [0.15, 0.2) is 0 Å². The van der Waals surface area contributed by atoms with E-state index in [2.05, 4.69) is 53.1 Å². The first-order valence-electron chi connectivity index (χ1n) is 16.4. The molecule has 2 fully saturated rings. The predicted octanol–water partition coefficient (Wildman–Crippen LogP) is 6.30. The van der Waals surface area contributed by atoms with E-state index in [0.29, 0.717) is 40.1 Å². The van der Waals surface area contributed by atoms with E-state index in [1.54, 1.807) is 40.7 Å². The van der Waals surface area contributed by atoms with Crippen molar-refractivity contribution in [2.45, 2.75) is 73.6 Å². The van der Waals surface area contributed by atoms with Crippen molar-refractivity contribution >= 4 is 70.4 Å². The number of aromatic nitrogens is 1. The molecule has 1 aromatic heterocycles. The van der Waals surface area contributed by atoms with Gasteiger partial charge in [0.25, 0.3) is 0 Å². The first kappa shape index (κ1) is 37.2. The topological polar surface area (TPSA) is 137 Å². The minimum absolute atomic E-state index is 0.0254. The van der Waals surface area contributed by atoms with Crippen LogP contribution in [-0.2, 0) is 31.3 Å². The van der Waals surface area contributed by atoms with Gasteiger partial charge in [-0.05, 0) is 118 Å². The molecule has 260 valence electrons. The van der Waals surface area contributed by atoms with Crippen molar-refractivity contribution in [3.63, 3.8) is 0 Å². The molecule has 0 spiro atoms. The normalized spacial score (nSPS) is 17.8. The lowest BCUT2D eigenvalue weighted by atomic mass is 9.88. The van der Waals surface area contributed by atoms with Crippen molar-refractivity contribution in [1.82, 2.24) is 14.0 Å². The average Bonchev–Trinajstić information content (AvgIpc) is 3.07.